The maximum atomic E-state index is 12.5. The van der Waals surface area contributed by atoms with E-state index in [1.807, 2.05) is 18.3 Å². The number of aromatic nitrogens is 1. The average molecular weight is 261 g/mol. The number of carbonyl (C=O) groups excluding carboxylic acids is 1. The van der Waals surface area contributed by atoms with Gasteiger partial charge in [0.15, 0.2) is 0 Å². The molecule has 0 bridgehead atoms. The Balaban J connectivity index is 1.70. The molecule has 0 radical (unpaired) electrons. The quantitative estimate of drug-likeness (QED) is 0.903. The minimum Gasteiger partial charge on any atom is -0.357 e. The van der Waals surface area contributed by atoms with E-state index < -0.39 is 0 Å². The average Bonchev–Trinajstić information content (AvgIpc) is 3.04. The fraction of sp³-hybridized carbons (Fsp3) is 0.667. The standard InChI is InChI=1S/C15H23N3O/c1-11(2)10-17-8-5-14-13(17)6-9-18(14)15(19)12-4-3-7-16-12/h3-4,7,11,13-14,16H,5-6,8-10H2,1-2H3/t13-,14+/m0/s1. The third kappa shape index (κ3) is 2.29. The highest BCUT2D eigenvalue weighted by Gasteiger charge is 2.44. The summed E-state index contributed by atoms with van der Waals surface area (Å²) in [5.41, 5.74) is 0.725. The monoisotopic (exact) mass is 261 g/mol. The predicted molar refractivity (Wildman–Crippen MR) is 75.1 cm³/mol. The van der Waals surface area contributed by atoms with Crippen molar-refractivity contribution < 1.29 is 4.79 Å². The summed E-state index contributed by atoms with van der Waals surface area (Å²) in [7, 11) is 0. The molecule has 2 saturated heterocycles. The van der Waals surface area contributed by atoms with Crippen molar-refractivity contribution in [2.45, 2.75) is 38.8 Å². The lowest BCUT2D eigenvalue weighted by Crippen LogP contribution is -2.40. The van der Waals surface area contributed by atoms with E-state index in [4.69, 9.17) is 0 Å². The Bertz CT molecular complexity index is 440. The number of hydrogen-bond donors (Lipinski definition) is 1. The number of aromatic amines is 1. The van der Waals surface area contributed by atoms with Crippen LogP contribution in [0.2, 0.25) is 0 Å². The molecule has 2 atom stereocenters. The number of rotatable bonds is 3. The summed E-state index contributed by atoms with van der Waals surface area (Å²) in [6, 6.07) is 4.77. The molecule has 0 spiro atoms. The molecule has 3 heterocycles. The van der Waals surface area contributed by atoms with Gasteiger partial charge in [-0.05, 0) is 30.9 Å². The highest BCUT2D eigenvalue weighted by atomic mass is 16.2. The van der Waals surface area contributed by atoms with Crippen molar-refractivity contribution in [1.82, 2.24) is 14.8 Å². The van der Waals surface area contributed by atoms with Crippen LogP contribution in [0.1, 0.15) is 37.2 Å². The van der Waals surface area contributed by atoms with Crippen LogP contribution in [0.3, 0.4) is 0 Å². The summed E-state index contributed by atoms with van der Waals surface area (Å²) in [6.07, 6.45) is 4.08. The third-order valence-electron chi connectivity index (χ3n) is 4.38. The Morgan fingerprint density at radius 3 is 2.84 bits per heavy atom. The molecule has 19 heavy (non-hydrogen) atoms. The van der Waals surface area contributed by atoms with Crippen LogP contribution in [-0.2, 0) is 0 Å². The second-order valence-corrected chi connectivity index (χ2v) is 6.18. The smallest absolute Gasteiger partial charge is 0.270 e. The number of H-pyrrole nitrogens is 1. The highest BCUT2D eigenvalue weighted by molar-refractivity contribution is 5.92. The number of amides is 1. The number of likely N-dealkylation sites (tertiary alicyclic amines) is 2. The predicted octanol–water partition coefficient (Wildman–Crippen LogP) is 1.96. The lowest BCUT2D eigenvalue weighted by molar-refractivity contribution is 0.0726. The third-order valence-corrected chi connectivity index (χ3v) is 4.38. The molecule has 2 aliphatic heterocycles. The molecule has 4 nitrogen and oxygen atoms in total. The molecule has 0 unspecified atom stereocenters. The highest BCUT2D eigenvalue weighted by Crippen LogP contribution is 2.32. The Kier molecular flexibility index (Phi) is 3.35. The first-order chi connectivity index (χ1) is 9.16. The number of fused-ring (bicyclic) bond motifs is 1. The van der Waals surface area contributed by atoms with Crippen molar-refractivity contribution in [2.75, 3.05) is 19.6 Å². The fourth-order valence-electron chi connectivity index (χ4n) is 3.64. The molecule has 1 aromatic heterocycles. The summed E-state index contributed by atoms with van der Waals surface area (Å²) in [6.45, 7) is 7.74. The molecule has 2 aliphatic rings. The Morgan fingerprint density at radius 2 is 2.16 bits per heavy atom. The molecule has 4 heteroatoms. The first-order valence-electron chi connectivity index (χ1n) is 7.35. The van der Waals surface area contributed by atoms with E-state index in [-0.39, 0.29) is 5.91 Å². The van der Waals surface area contributed by atoms with Crippen LogP contribution in [0.4, 0.5) is 0 Å². The van der Waals surface area contributed by atoms with Gasteiger partial charge in [0.25, 0.3) is 5.91 Å². The molecule has 1 N–H and O–H groups in total. The maximum absolute atomic E-state index is 12.5. The summed E-state index contributed by atoms with van der Waals surface area (Å²) >= 11 is 0. The summed E-state index contributed by atoms with van der Waals surface area (Å²) in [4.78, 5) is 20.1. The zero-order valence-electron chi connectivity index (χ0n) is 11.8. The van der Waals surface area contributed by atoms with Crippen molar-refractivity contribution in [3.63, 3.8) is 0 Å². The molecular weight excluding hydrogens is 238 g/mol. The van der Waals surface area contributed by atoms with Gasteiger partial charge in [-0.3, -0.25) is 9.69 Å². The Morgan fingerprint density at radius 1 is 1.37 bits per heavy atom. The zero-order valence-corrected chi connectivity index (χ0v) is 11.8. The minimum atomic E-state index is 0.170. The zero-order chi connectivity index (χ0) is 13.4. The van der Waals surface area contributed by atoms with Crippen molar-refractivity contribution in [3.8, 4) is 0 Å². The molecule has 2 fully saturated rings. The van der Waals surface area contributed by atoms with E-state index in [2.05, 4.69) is 28.6 Å². The Hall–Kier alpha value is -1.29. The molecule has 3 rings (SSSR count). The van der Waals surface area contributed by atoms with Gasteiger partial charge in [0.05, 0.1) is 0 Å². The van der Waals surface area contributed by atoms with Crippen LogP contribution in [0.15, 0.2) is 18.3 Å². The first kappa shape index (κ1) is 12.7. The lowest BCUT2D eigenvalue weighted by atomic mass is 10.1. The van der Waals surface area contributed by atoms with Crippen molar-refractivity contribution in [3.05, 3.63) is 24.0 Å². The first-order valence-corrected chi connectivity index (χ1v) is 7.35. The van der Waals surface area contributed by atoms with Gasteiger partial charge in [-0.2, -0.15) is 0 Å². The van der Waals surface area contributed by atoms with Crippen molar-refractivity contribution in [1.29, 1.82) is 0 Å². The second-order valence-electron chi connectivity index (χ2n) is 6.18. The van der Waals surface area contributed by atoms with Gasteiger partial charge >= 0.3 is 0 Å². The maximum Gasteiger partial charge on any atom is 0.270 e. The van der Waals surface area contributed by atoms with Gasteiger partial charge in [0.2, 0.25) is 0 Å². The van der Waals surface area contributed by atoms with Crippen molar-refractivity contribution in [2.24, 2.45) is 5.92 Å². The molecular formula is C15H23N3O. The van der Waals surface area contributed by atoms with Gasteiger partial charge in [-0.1, -0.05) is 13.8 Å². The lowest BCUT2D eigenvalue weighted by Gasteiger charge is -2.26. The van der Waals surface area contributed by atoms with E-state index in [1.165, 1.54) is 0 Å². The molecule has 104 valence electrons. The fourth-order valence-corrected chi connectivity index (χ4v) is 3.64. The van der Waals surface area contributed by atoms with Crippen LogP contribution in [0, 0.1) is 5.92 Å². The van der Waals surface area contributed by atoms with Gasteiger partial charge in [-0.25, -0.2) is 0 Å². The van der Waals surface area contributed by atoms with E-state index in [1.54, 1.807) is 0 Å². The number of carbonyl (C=O) groups is 1. The van der Waals surface area contributed by atoms with Crippen molar-refractivity contribution >= 4 is 5.91 Å². The van der Waals surface area contributed by atoms with Crippen LogP contribution in [0.25, 0.3) is 0 Å². The largest absolute Gasteiger partial charge is 0.357 e. The molecule has 0 aromatic carbocycles. The topological polar surface area (TPSA) is 39.3 Å². The summed E-state index contributed by atoms with van der Waals surface area (Å²) in [5, 5.41) is 0. The van der Waals surface area contributed by atoms with E-state index in [0.717, 1.165) is 38.2 Å². The van der Waals surface area contributed by atoms with Gasteiger partial charge < -0.3 is 9.88 Å². The van der Waals surface area contributed by atoms with Gasteiger partial charge in [0, 0.05) is 37.9 Å². The van der Waals surface area contributed by atoms with Gasteiger partial charge in [-0.15, -0.1) is 0 Å². The molecule has 0 aliphatic carbocycles. The van der Waals surface area contributed by atoms with Gasteiger partial charge in [0.1, 0.15) is 5.69 Å². The summed E-state index contributed by atoms with van der Waals surface area (Å²) < 4.78 is 0. The van der Waals surface area contributed by atoms with E-state index in [9.17, 15) is 4.79 Å². The molecule has 0 saturated carbocycles. The summed E-state index contributed by atoms with van der Waals surface area (Å²) in [5.74, 6) is 0.871. The minimum absolute atomic E-state index is 0.170. The molecule has 1 aromatic rings. The van der Waals surface area contributed by atoms with Crippen LogP contribution >= 0.6 is 0 Å². The van der Waals surface area contributed by atoms with Crippen LogP contribution < -0.4 is 0 Å². The Labute approximate surface area is 114 Å². The SMILES string of the molecule is CC(C)CN1CC[C@@H]2[C@@H]1CCN2C(=O)c1ccc[nH]1. The second kappa shape index (κ2) is 5.00. The van der Waals surface area contributed by atoms with E-state index >= 15 is 0 Å². The molecule has 1 amide bonds. The number of hydrogen-bond acceptors (Lipinski definition) is 2. The van der Waals surface area contributed by atoms with Crippen LogP contribution in [0.5, 0.6) is 0 Å². The normalized spacial score (nSPS) is 27.2. The number of nitrogens with one attached hydrogen (secondary N) is 1. The van der Waals surface area contributed by atoms with Crippen LogP contribution in [-0.4, -0.2) is 52.4 Å². The number of nitrogens with zero attached hydrogens (tertiary/aromatic N) is 2. The van der Waals surface area contributed by atoms with E-state index in [0.29, 0.717) is 18.0 Å².